The zero-order chi connectivity index (χ0) is 21.7. The van der Waals surface area contributed by atoms with Gasteiger partial charge in [0.25, 0.3) is 0 Å². The lowest BCUT2D eigenvalue weighted by Crippen LogP contribution is -2.50. The molecule has 0 spiro atoms. The van der Waals surface area contributed by atoms with Crippen LogP contribution in [0.25, 0.3) is 0 Å². The number of rotatable bonds is 6. The van der Waals surface area contributed by atoms with Crippen LogP contribution in [0.15, 0.2) is 36.4 Å². The molecule has 0 bridgehead atoms. The normalized spacial score (nSPS) is 14.5. The summed E-state index contributed by atoms with van der Waals surface area (Å²) in [6, 6.07) is 11.8. The van der Waals surface area contributed by atoms with Crippen molar-refractivity contribution in [3.05, 3.63) is 58.1 Å². The van der Waals surface area contributed by atoms with Crippen molar-refractivity contribution in [2.75, 3.05) is 49.5 Å². The van der Waals surface area contributed by atoms with Gasteiger partial charge in [0.15, 0.2) is 0 Å². The van der Waals surface area contributed by atoms with E-state index in [9.17, 15) is 9.59 Å². The smallest absolute Gasteiger partial charge is 0.243 e. The molecule has 1 aliphatic heterocycles. The van der Waals surface area contributed by atoms with Crippen molar-refractivity contribution in [3.8, 4) is 0 Å². The number of benzene rings is 2. The SMILES string of the molecule is Cc1ccc(Cl)cc1N1CCN(CC(=O)NCC(=O)Nc2c(C)cccc2C)CC1. The van der Waals surface area contributed by atoms with Gasteiger partial charge in [0.05, 0.1) is 13.1 Å². The molecule has 0 aliphatic carbocycles. The van der Waals surface area contributed by atoms with Crippen molar-refractivity contribution in [3.63, 3.8) is 0 Å². The van der Waals surface area contributed by atoms with Crippen molar-refractivity contribution in [2.24, 2.45) is 0 Å². The first-order valence-corrected chi connectivity index (χ1v) is 10.6. The minimum absolute atomic E-state index is 0.0335. The van der Waals surface area contributed by atoms with E-state index in [1.54, 1.807) is 0 Å². The molecule has 3 rings (SSSR count). The van der Waals surface area contributed by atoms with Crippen molar-refractivity contribution in [1.82, 2.24) is 10.2 Å². The highest BCUT2D eigenvalue weighted by molar-refractivity contribution is 6.30. The minimum atomic E-state index is -0.220. The molecule has 0 saturated carbocycles. The molecule has 6 nitrogen and oxygen atoms in total. The zero-order valence-corrected chi connectivity index (χ0v) is 18.6. The molecule has 7 heteroatoms. The van der Waals surface area contributed by atoms with Crippen LogP contribution in [0, 0.1) is 20.8 Å². The lowest BCUT2D eigenvalue weighted by atomic mass is 10.1. The van der Waals surface area contributed by atoms with Gasteiger partial charge in [-0.05, 0) is 49.6 Å². The highest BCUT2D eigenvalue weighted by atomic mass is 35.5. The molecule has 30 heavy (non-hydrogen) atoms. The predicted octanol–water partition coefficient (Wildman–Crippen LogP) is 3.14. The molecule has 2 amide bonds. The molecule has 1 fully saturated rings. The summed E-state index contributed by atoms with van der Waals surface area (Å²) in [5.74, 6) is -0.360. The van der Waals surface area contributed by atoms with Crippen LogP contribution in [0.5, 0.6) is 0 Å². The number of carbonyl (C=O) groups is 2. The van der Waals surface area contributed by atoms with E-state index in [0.29, 0.717) is 6.54 Å². The Hall–Kier alpha value is -2.57. The first-order chi connectivity index (χ1) is 14.3. The number of hydrogen-bond donors (Lipinski definition) is 2. The van der Waals surface area contributed by atoms with Crippen LogP contribution in [0.3, 0.4) is 0 Å². The summed E-state index contributed by atoms with van der Waals surface area (Å²) in [6.45, 7) is 9.48. The van der Waals surface area contributed by atoms with Gasteiger partial charge in [-0.25, -0.2) is 0 Å². The number of halogens is 1. The lowest BCUT2D eigenvalue weighted by Gasteiger charge is -2.36. The second kappa shape index (κ2) is 9.96. The number of amides is 2. The van der Waals surface area contributed by atoms with Gasteiger partial charge in [-0.2, -0.15) is 0 Å². The minimum Gasteiger partial charge on any atom is -0.369 e. The Morgan fingerprint density at radius 1 is 0.933 bits per heavy atom. The Bertz CT molecular complexity index is 903. The molecule has 1 aliphatic rings. The number of carbonyl (C=O) groups excluding carboxylic acids is 2. The lowest BCUT2D eigenvalue weighted by molar-refractivity contribution is -0.125. The number of nitrogens with one attached hydrogen (secondary N) is 2. The molecule has 1 heterocycles. The van der Waals surface area contributed by atoms with Gasteiger partial charge in [0.1, 0.15) is 0 Å². The summed E-state index contributed by atoms with van der Waals surface area (Å²) >= 11 is 6.14. The van der Waals surface area contributed by atoms with Gasteiger partial charge in [-0.15, -0.1) is 0 Å². The van der Waals surface area contributed by atoms with E-state index in [1.165, 1.54) is 5.56 Å². The molecule has 0 aromatic heterocycles. The fourth-order valence-corrected chi connectivity index (χ4v) is 3.87. The number of hydrogen-bond acceptors (Lipinski definition) is 4. The fraction of sp³-hybridized carbons (Fsp3) is 0.391. The summed E-state index contributed by atoms with van der Waals surface area (Å²) in [6.07, 6.45) is 0. The molecule has 0 radical (unpaired) electrons. The summed E-state index contributed by atoms with van der Waals surface area (Å²) in [5, 5.41) is 6.34. The Balaban J connectivity index is 1.43. The Labute approximate surface area is 183 Å². The summed E-state index contributed by atoms with van der Waals surface area (Å²) in [4.78, 5) is 28.9. The third kappa shape index (κ3) is 5.74. The molecule has 2 aromatic carbocycles. The maximum atomic E-state index is 12.3. The van der Waals surface area contributed by atoms with E-state index in [0.717, 1.165) is 53.7 Å². The van der Waals surface area contributed by atoms with E-state index >= 15 is 0 Å². The van der Waals surface area contributed by atoms with Crippen LogP contribution in [-0.4, -0.2) is 56.0 Å². The maximum Gasteiger partial charge on any atom is 0.243 e. The number of nitrogens with zero attached hydrogens (tertiary/aromatic N) is 2. The summed E-state index contributed by atoms with van der Waals surface area (Å²) in [7, 11) is 0. The van der Waals surface area contributed by atoms with Gasteiger partial charge < -0.3 is 15.5 Å². The largest absolute Gasteiger partial charge is 0.369 e. The predicted molar refractivity (Wildman–Crippen MR) is 122 cm³/mol. The van der Waals surface area contributed by atoms with Crippen molar-refractivity contribution < 1.29 is 9.59 Å². The average molecular weight is 429 g/mol. The molecule has 2 aromatic rings. The molecule has 1 saturated heterocycles. The van der Waals surface area contributed by atoms with Crippen molar-refractivity contribution >= 4 is 34.8 Å². The van der Waals surface area contributed by atoms with E-state index < -0.39 is 0 Å². The number of aryl methyl sites for hydroxylation is 3. The number of anilines is 2. The van der Waals surface area contributed by atoms with Gasteiger partial charge >= 0.3 is 0 Å². The number of piperazine rings is 1. The topological polar surface area (TPSA) is 64.7 Å². The van der Waals surface area contributed by atoms with Gasteiger partial charge in [-0.1, -0.05) is 35.9 Å². The highest BCUT2D eigenvalue weighted by Crippen LogP contribution is 2.25. The van der Waals surface area contributed by atoms with E-state index in [1.807, 2.05) is 50.2 Å². The third-order valence-electron chi connectivity index (χ3n) is 5.44. The Kier molecular flexibility index (Phi) is 7.34. The second-order valence-corrected chi connectivity index (χ2v) is 8.22. The van der Waals surface area contributed by atoms with Gasteiger partial charge in [0, 0.05) is 42.6 Å². The van der Waals surface area contributed by atoms with Gasteiger partial charge in [-0.3, -0.25) is 14.5 Å². The average Bonchev–Trinajstić information content (AvgIpc) is 2.72. The van der Waals surface area contributed by atoms with E-state index in [-0.39, 0.29) is 18.4 Å². The standard InChI is InChI=1S/C23H29ClN4O2/c1-16-7-8-19(24)13-20(16)28-11-9-27(10-12-28)15-22(30)25-14-21(29)26-23-17(2)5-4-6-18(23)3/h4-8,13H,9-12,14-15H2,1-3H3,(H,25,30)(H,26,29). The number of para-hydroxylation sites is 1. The van der Waals surface area contributed by atoms with Crippen molar-refractivity contribution in [2.45, 2.75) is 20.8 Å². The summed E-state index contributed by atoms with van der Waals surface area (Å²) in [5.41, 5.74) is 5.16. The van der Waals surface area contributed by atoms with Crippen LogP contribution in [0.1, 0.15) is 16.7 Å². The molecule has 0 atom stereocenters. The zero-order valence-electron chi connectivity index (χ0n) is 17.8. The molecule has 2 N–H and O–H groups in total. The Morgan fingerprint density at radius 3 is 2.27 bits per heavy atom. The Morgan fingerprint density at radius 2 is 1.60 bits per heavy atom. The van der Waals surface area contributed by atoms with E-state index in [2.05, 4.69) is 27.4 Å². The molecular formula is C23H29ClN4O2. The first-order valence-electron chi connectivity index (χ1n) is 10.2. The fourth-order valence-electron chi connectivity index (χ4n) is 3.70. The van der Waals surface area contributed by atoms with E-state index in [4.69, 9.17) is 11.6 Å². The quantitative estimate of drug-likeness (QED) is 0.741. The van der Waals surface area contributed by atoms with Crippen LogP contribution in [0.2, 0.25) is 5.02 Å². The molecule has 0 unspecified atom stereocenters. The van der Waals surface area contributed by atoms with Crippen molar-refractivity contribution in [1.29, 1.82) is 0 Å². The third-order valence-corrected chi connectivity index (χ3v) is 5.68. The molecule has 160 valence electrons. The van der Waals surface area contributed by atoms with Gasteiger partial charge in [0.2, 0.25) is 11.8 Å². The second-order valence-electron chi connectivity index (χ2n) is 7.79. The maximum absolute atomic E-state index is 12.3. The van der Waals surface area contributed by atoms with Crippen LogP contribution >= 0.6 is 11.6 Å². The summed E-state index contributed by atoms with van der Waals surface area (Å²) < 4.78 is 0. The first kappa shape index (κ1) is 22.1. The molecular weight excluding hydrogens is 400 g/mol. The van der Waals surface area contributed by atoms with Crippen LogP contribution in [-0.2, 0) is 9.59 Å². The highest BCUT2D eigenvalue weighted by Gasteiger charge is 2.20. The van der Waals surface area contributed by atoms with Crippen LogP contribution in [0.4, 0.5) is 11.4 Å². The van der Waals surface area contributed by atoms with Crippen LogP contribution < -0.4 is 15.5 Å². The monoisotopic (exact) mass is 428 g/mol.